The molecule has 172 valence electrons. The molecule has 4 aromatic rings. The molecule has 0 saturated carbocycles. The fraction of sp³-hybridized carbons (Fsp3) is 0.571. The summed E-state index contributed by atoms with van der Waals surface area (Å²) in [6, 6.07) is 4.50. The van der Waals surface area contributed by atoms with Crippen molar-refractivity contribution in [1.82, 2.24) is 9.97 Å². The topological polar surface area (TPSA) is 25.8 Å². The Morgan fingerprint density at radius 3 is 1.41 bits per heavy atom. The molecule has 0 aliphatic carbocycles. The molecule has 0 spiro atoms. The van der Waals surface area contributed by atoms with Gasteiger partial charge in [0.05, 0.1) is 31.8 Å². The zero-order valence-corrected chi connectivity index (χ0v) is 21.6. The van der Waals surface area contributed by atoms with Crippen LogP contribution >= 0.6 is 22.7 Å². The number of unbranched alkanes of at least 4 members (excludes halogenated alkanes) is 10. The summed E-state index contributed by atoms with van der Waals surface area (Å²) >= 11 is 3.68. The van der Waals surface area contributed by atoms with Crippen LogP contribution in [0.1, 0.15) is 102 Å². The Bertz CT molecular complexity index is 1040. The molecule has 0 aliphatic heterocycles. The van der Waals surface area contributed by atoms with Gasteiger partial charge >= 0.3 is 0 Å². The number of fused-ring (bicyclic) bond motifs is 6. The normalized spacial score (nSPS) is 11.9. The molecular weight excluding hydrogens is 428 g/mol. The van der Waals surface area contributed by atoms with E-state index in [1.54, 1.807) is 0 Å². The van der Waals surface area contributed by atoms with Gasteiger partial charge in [0.15, 0.2) is 0 Å². The first kappa shape index (κ1) is 23.6. The van der Waals surface area contributed by atoms with Crippen LogP contribution in [0.25, 0.3) is 31.2 Å². The molecule has 0 fully saturated rings. The summed E-state index contributed by atoms with van der Waals surface area (Å²) in [5.41, 5.74) is 4.78. The number of nitrogens with zero attached hydrogens (tertiary/aromatic N) is 2. The van der Waals surface area contributed by atoms with E-state index in [0.29, 0.717) is 0 Å². The lowest BCUT2D eigenvalue weighted by Crippen LogP contribution is -2.04. The molecule has 0 bridgehead atoms. The number of aromatic nitrogens is 2. The van der Waals surface area contributed by atoms with Gasteiger partial charge in [0.1, 0.15) is 0 Å². The highest BCUT2D eigenvalue weighted by Crippen LogP contribution is 2.39. The Labute approximate surface area is 201 Å². The minimum absolute atomic E-state index is 1.08. The van der Waals surface area contributed by atoms with Crippen LogP contribution in [0.4, 0.5) is 0 Å². The van der Waals surface area contributed by atoms with Crippen LogP contribution < -0.4 is 0 Å². The summed E-state index contributed by atoms with van der Waals surface area (Å²) in [5.74, 6) is 0. The summed E-state index contributed by atoms with van der Waals surface area (Å²) in [6.45, 7) is 4.57. The van der Waals surface area contributed by atoms with Gasteiger partial charge in [-0.05, 0) is 48.6 Å². The number of thiophene rings is 2. The van der Waals surface area contributed by atoms with Gasteiger partial charge in [-0.2, -0.15) is 0 Å². The molecule has 0 radical (unpaired) electrons. The first-order valence-corrected chi connectivity index (χ1v) is 14.6. The van der Waals surface area contributed by atoms with E-state index in [4.69, 9.17) is 9.97 Å². The predicted octanol–water partition coefficient (Wildman–Crippen LogP) is 9.87. The van der Waals surface area contributed by atoms with Crippen LogP contribution in [0, 0.1) is 0 Å². The van der Waals surface area contributed by atoms with E-state index in [2.05, 4.69) is 36.7 Å². The Morgan fingerprint density at radius 2 is 0.969 bits per heavy atom. The quantitative estimate of drug-likeness (QED) is 0.173. The van der Waals surface area contributed by atoms with Crippen molar-refractivity contribution in [3.05, 3.63) is 34.3 Å². The molecule has 1 aromatic carbocycles. The lowest BCUT2D eigenvalue weighted by atomic mass is 10.0. The van der Waals surface area contributed by atoms with Crippen LogP contribution in [0.2, 0.25) is 0 Å². The van der Waals surface area contributed by atoms with Crippen molar-refractivity contribution in [3.63, 3.8) is 0 Å². The summed E-state index contributed by atoms with van der Waals surface area (Å²) in [6.07, 6.45) is 18.1. The largest absolute Gasteiger partial charge is 0.249 e. The van der Waals surface area contributed by atoms with Crippen molar-refractivity contribution < 1.29 is 0 Å². The molecule has 2 nitrogen and oxygen atoms in total. The highest BCUT2D eigenvalue weighted by Gasteiger charge is 2.16. The van der Waals surface area contributed by atoms with Gasteiger partial charge in [-0.3, -0.25) is 0 Å². The van der Waals surface area contributed by atoms with Crippen LogP contribution in [-0.2, 0) is 12.8 Å². The number of aryl methyl sites for hydroxylation is 2. The Hall–Kier alpha value is -1.52. The van der Waals surface area contributed by atoms with Crippen molar-refractivity contribution in [2.45, 2.75) is 104 Å². The molecule has 3 heterocycles. The number of hydrogen-bond acceptors (Lipinski definition) is 4. The zero-order chi connectivity index (χ0) is 22.2. The van der Waals surface area contributed by atoms with Crippen molar-refractivity contribution in [3.8, 4) is 0 Å². The minimum atomic E-state index is 1.08. The summed E-state index contributed by atoms with van der Waals surface area (Å²) in [4.78, 5) is 10.6. The van der Waals surface area contributed by atoms with Crippen molar-refractivity contribution in [2.24, 2.45) is 0 Å². The van der Waals surface area contributed by atoms with Crippen LogP contribution in [0.5, 0.6) is 0 Å². The van der Waals surface area contributed by atoms with Gasteiger partial charge < -0.3 is 0 Å². The fourth-order valence-corrected chi connectivity index (χ4v) is 6.76. The van der Waals surface area contributed by atoms with Crippen LogP contribution in [0.15, 0.2) is 22.9 Å². The third-order valence-corrected chi connectivity index (χ3v) is 8.63. The maximum atomic E-state index is 5.32. The Kier molecular flexibility index (Phi) is 8.93. The number of benzene rings is 1. The van der Waals surface area contributed by atoms with Gasteiger partial charge in [0, 0.05) is 10.8 Å². The zero-order valence-electron chi connectivity index (χ0n) is 19.9. The van der Waals surface area contributed by atoms with E-state index < -0.39 is 0 Å². The molecule has 4 heteroatoms. The van der Waals surface area contributed by atoms with E-state index in [-0.39, 0.29) is 0 Å². The van der Waals surface area contributed by atoms with Gasteiger partial charge in [0.2, 0.25) is 0 Å². The lowest BCUT2D eigenvalue weighted by molar-refractivity contribution is 0.593. The summed E-state index contributed by atoms with van der Waals surface area (Å²) in [5, 5.41) is 7.01. The minimum Gasteiger partial charge on any atom is -0.249 e. The van der Waals surface area contributed by atoms with Crippen molar-refractivity contribution in [1.29, 1.82) is 0 Å². The number of hydrogen-bond donors (Lipinski definition) is 0. The average molecular weight is 467 g/mol. The molecule has 3 aromatic heterocycles. The SMILES string of the molecule is CCCCCCCCc1nc2c3ccsc3c3sccc3c2nc1CCCCCCCC. The van der Waals surface area contributed by atoms with E-state index >= 15 is 0 Å². The highest BCUT2D eigenvalue weighted by atomic mass is 32.1. The maximum absolute atomic E-state index is 5.32. The first-order chi connectivity index (χ1) is 15.8. The smallest absolute Gasteiger partial charge is 0.0984 e. The molecule has 0 saturated heterocycles. The van der Waals surface area contributed by atoms with Gasteiger partial charge in [-0.15, -0.1) is 22.7 Å². The molecule has 0 unspecified atom stereocenters. The third kappa shape index (κ3) is 5.51. The maximum Gasteiger partial charge on any atom is 0.0984 e. The molecule has 4 rings (SSSR count). The monoisotopic (exact) mass is 466 g/mol. The molecule has 0 N–H and O–H groups in total. The first-order valence-electron chi connectivity index (χ1n) is 12.9. The van der Waals surface area contributed by atoms with E-state index in [1.165, 1.54) is 109 Å². The molecule has 0 amide bonds. The number of rotatable bonds is 14. The van der Waals surface area contributed by atoms with Gasteiger partial charge in [0.25, 0.3) is 0 Å². The second kappa shape index (κ2) is 12.1. The van der Waals surface area contributed by atoms with E-state index in [0.717, 1.165) is 23.9 Å². The molecule has 0 atom stereocenters. The Morgan fingerprint density at radius 1 is 0.562 bits per heavy atom. The van der Waals surface area contributed by atoms with Crippen molar-refractivity contribution >= 4 is 53.9 Å². The third-order valence-electron chi connectivity index (χ3n) is 6.63. The molecular formula is C28H38N2S2. The predicted molar refractivity (Wildman–Crippen MR) is 144 cm³/mol. The van der Waals surface area contributed by atoms with Crippen LogP contribution in [-0.4, -0.2) is 9.97 Å². The summed E-state index contributed by atoms with van der Waals surface area (Å²) < 4.78 is 2.76. The molecule has 32 heavy (non-hydrogen) atoms. The second-order valence-electron chi connectivity index (χ2n) is 9.18. The second-order valence-corrected chi connectivity index (χ2v) is 11.0. The van der Waals surface area contributed by atoms with Crippen LogP contribution in [0.3, 0.4) is 0 Å². The van der Waals surface area contributed by atoms with E-state index in [1.807, 2.05) is 22.7 Å². The van der Waals surface area contributed by atoms with E-state index in [9.17, 15) is 0 Å². The van der Waals surface area contributed by atoms with Gasteiger partial charge in [-0.25, -0.2) is 9.97 Å². The summed E-state index contributed by atoms with van der Waals surface area (Å²) in [7, 11) is 0. The van der Waals surface area contributed by atoms with Crippen molar-refractivity contribution in [2.75, 3.05) is 0 Å². The average Bonchev–Trinajstić information content (AvgIpc) is 3.48. The fourth-order valence-electron chi connectivity index (χ4n) is 4.77. The lowest BCUT2D eigenvalue weighted by Gasteiger charge is -2.12. The highest BCUT2D eigenvalue weighted by molar-refractivity contribution is 7.25. The van der Waals surface area contributed by atoms with Gasteiger partial charge in [-0.1, -0.05) is 78.1 Å². The Balaban J connectivity index is 1.59. The molecule has 0 aliphatic rings. The standard InChI is InChI=1S/C28H38N2S2/c1-3-5-7-9-11-13-15-23-24(16-14-12-10-8-6-4-2)30-26-22-18-20-32-28(22)27-21(17-19-31-27)25(26)29-23/h17-20H,3-16H2,1-2H3.